The molecule has 0 radical (unpaired) electrons. The summed E-state index contributed by atoms with van der Waals surface area (Å²) in [5.74, 6) is -1.21. The highest BCUT2D eigenvalue weighted by molar-refractivity contribution is 6.39. The third-order valence-electron chi connectivity index (χ3n) is 3.66. The molecule has 26 heavy (non-hydrogen) atoms. The zero-order valence-corrected chi connectivity index (χ0v) is 14.8. The van der Waals surface area contributed by atoms with Gasteiger partial charge >= 0.3 is 11.8 Å². The van der Waals surface area contributed by atoms with Crippen molar-refractivity contribution in [1.82, 2.24) is 5.43 Å². The second kappa shape index (κ2) is 8.66. The average Bonchev–Trinajstić information content (AvgIpc) is 2.63. The van der Waals surface area contributed by atoms with Crippen molar-refractivity contribution in [3.63, 3.8) is 0 Å². The predicted molar refractivity (Wildman–Crippen MR) is 99.6 cm³/mol. The van der Waals surface area contributed by atoms with Gasteiger partial charge in [-0.3, -0.25) is 9.59 Å². The molecule has 0 aliphatic carbocycles. The van der Waals surface area contributed by atoms with E-state index in [1.807, 2.05) is 12.1 Å². The van der Waals surface area contributed by atoms with Gasteiger partial charge in [-0.1, -0.05) is 32.0 Å². The first-order valence-electron chi connectivity index (χ1n) is 8.02. The zero-order valence-electron chi connectivity index (χ0n) is 14.8. The third-order valence-corrected chi connectivity index (χ3v) is 3.66. The van der Waals surface area contributed by atoms with Crippen LogP contribution in [0.3, 0.4) is 0 Å². The van der Waals surface area contributed by atoms with E-state index in [4.69, 9.17) is 4.74 Å². The summed E-state index contributed by atoms with van der Waals surface area (Å²) in [5, 5.41) is 16.1. The summed E-state index contributed by atoms with van der Waals surface area (Å²) < 4.78 is 4.98. The van der Waals surface area contributed by atoms with E-state index in [9.17, 15) is 14.7 Å². The van der Waals surface area contributed by atoms with Crippen molar-refractivity contribution in [2.75, 3.05) is 12.4 Å². The molecule has 2 amide bonds. The molecule has 0 bridgehead atoms. The van der Waals surface area contributed by atoms with Gasteiger partial charge in [0.15, 0.2) is 11.5 Å². The van der Waals surface area contributed by atoms with E-state index in [1.54, 1.807) is 30.3 Å². The molecule has 2 aromatic rings. The van der Waals surface area contributed by atoms with Crippen LogP contribution >= 0.6 is 0 Å². The molecule has 2 rings (SSSR count). The maximum Gasteiger partial charge on any atom is 0.329 e. The third kappa shape index (κ3) is 4.83. The Balaban J connectivity index is 1.94. The van der Waals surface area contributed by atoms with Gasteiger partial charge in [0, 0.05) is 11.3 Å². The first kappa shape index (κ1) is 19.0. The van der Waals surface area contributed by atoms with E-state index in [0.717, 1.165) is 5.56 Å². The Hall–Kier alpha value is -3.35. The molecule has 0 unspecified atom stereocenters. The van der Waals surface area contributed by atoms with E-state index in [0.29, 0.717) is 17.2 Å². The predicted octanol–water partition coefficient (Wildman–Crippen LogP) is 2.61. The Morgan fingerprint density at radius 3 is 2.42 bits per heavy atom. The summed E-state index contributed by atoms with van der Waals surface area (Å²) in [6, 6.07) is 12.1. The van der Waals surface area contributed by atoms with Crippen LogP contribution in [0, 0.1) is 0 Å². The van der Waals surface area contributed by atoms with Gasteiger partial charge in [-0.05, 0) is 35.7 Å². The van der Waals surface area contributed by atoms with Crippen molar-refractivity contribution in [2.45, 2.75) is 19.8 Å². The fourth-order valence-corrected chi connectivity index (χ4v) is 2.16. The van der Waals surface area contributed by atoms with E-state index in [1.165, 1.54) is 13.3 Å². The van der Waals surface area contributed by atoms with E-state index >= 15 is 0 Å². The summed E-state index contributed by atoms with van der Waals surface area (Å²) in [4.78, 5) is 23.7. The maximum absolute atomic E-state index is 11.9. The number of benzene rings is 2. The number of nitrogens with one attached hydrogen (secondary N) is 2. The van der Waals surface area contributed by atoms with Gasteiger partial charge < -0.3 is 15.2 Å². The van der Waals surface area contributed by atoms with Gasteiger partial charge in [0.05, 0.1) is 13.3 Å². The number of anilines is 1. The molecule has 7 nitrogen and oxygen atoms in total. The van der Waals surface area contributed by atoms with Crippen LogP contribution in [0.5, 0.6) is 11.5 Å². The van der Waals surface area contributed by atoms with Crippen LogP contribution in [0.25, 0.3) is 0 Å². The van der Waals surface area contributed by atoms with Crippen molar-refractivity contribution >= 4 is 23.7 Å². The molecule has 0 spiro atoms. The van der Waals surface area contributed by atoms with Gasteiger partial charge in [0.1, 0.15) is 0 Å². The number of rotatable bonds is 5. The van der Waals surface area contributed by atoms with Gasteiger partial charge in [0.25, 0.3) is 0 Å². The van der Waals surface area contributed by atoms with Crippen LogP contribution in [0.2, 0.25) is 0 Å². The topological polar surface area (TPSA) is 100 Å². The van der Waals surface area contributed by atoms with Crippen molar-refractivity contribution in [3.05, 3.63) is 53.6 Å². The summed E-state index contributed by atoms with van der Waals surface area (Å²) in [6.45, 7) is 4.14. The molecular formula is C19H21N3O4. The fourth-order valence-electron chi connectivity index (χ4n) is 2.16. The molecule has 0 atom stereocenters. The Morgan fingerprint density at radius 2 is 1.81 bits per heavy atom. The zero-order chi connectivity index (χ0) is 19.1. The summed E-state index contributed by atoms with van der Waals surface area (Å²) >= 11 is 0. The van der Waals surface area contributed by atoms with Crippen molar-refractivity contribution in [1.29, 1.82) is 0 Å². The van der Waals surface area contributed by atoms with Crippen LogP contribution in [0.1, 0.15) is 30.9 Å². The summed E-state index contributed by atoms with van der Waals surface area (Å²) in [7, 11) is 1.43. The highest BCUT2D eigenvalue weighted by atomic mass is 16.5. The molecule has 136 valence electrons. The van der Waals surface area contributed by atoms with Gasteiger partial charge in [0.2, 0.25) is 0 Å². The number of hydrogen-bond acceptors (Lipinski definition) is 5. The number of phenolic OH excluding ortho intramolecular Hbond substituents is 1. The second-order valence-electron chi connectivity index (χ2n) is 5.83. The Labute approximate surface area is 151 Å². The number of amides is 2. The Kier molecular flexibility index (Phi) is 6.32. The molecule has 2 aromatic carbocycles. The molecule has 0 saturated heterocycles. The molecule has 3 N–H and O–H groups in total. The molecule has 0 heterocycles. The molecular weight excluding hydrogens is 334 g/mol. The maximum atomic E-state index is 11.9. The average molecular weight is 355 g/mol. The Morgan fingerprint density at radius 1 is 1.12 bits per heavy atom. The lowest BCUT2D eigenvalue weighted by Gasteiger charge is -2.08. The lowest BCUT2D eigenvalue weighted by molar-refractivity contribution is -0.136. The molecule has 0 aliphatic rings. The monoisotopic (exact) mass is 355 g/mol. The highest BCUT2D eigenvalue weighted by Gasteiger charge is 2.13. The number of carbonyl (C=O) groups excluding carboxylic acids is 2. The number of carbonyl (C=O) groups is 2. The fraction of sp³-hybridized carbons (Fsp3) is 0.211. The van der Waals surface area contributed by atoms with Crippen molar-refractivity contribution in [2.24, 2.45) is 5.10 Å². The van der Waals surface area contributed by atoms with E-state index < -0.39 is 11.8 Å². The molecule has 0 aliphatic heterocycles. The number of phenols is 1. The van der Waals surface area contributed by atoms with Gasteiger partial charge in [-0.15, -0.1) is 0 Å². The van der Waals surface area contributed by atoms with Crippen molar-refractivity contribution < 1.29 is 19.4 Å². The van der Waals surface area contributed by atoms with Gasteiger partial charge in [-0.25, -0.2) is 5.43 Å². The SMILES string of the molecule is COc1cccc(/C=N\NC(=O)C(=O)Nc2ccc(C(C)C)cc2)c1O. The highest BCUT2D eigenvalue weighted by Crippen LogP contribution is 2.27. The summed E-state index contributed by atoms with van der Waals surface area (Å²) in [5.41, 5.74) is 4.11. The van der Waals surface area contributed by atoms with Crippen LogP contribution in [0.4, 0.5) is 5.69 Å². The van der Waals surface area contributed by atoms with Crippen LogP contribution < -0.4 is 15.5 Å². The van der Waals surface area contributed by atoms with E-state index in [-0.39, 0.29) is 11.5 Å². The molecule has 0 fully saturated rings. The normalized spacial score (nSPS) is 10.8. The smallest absolute Gasteiger partial charge is 0.329 e. The second-order valence-corrected chi connectivity index (χ2v) is 5.83. The number of methoxy groups -OCH3 is 1. The lowest BCUT2D eigenvalue weighted by atomic mass is 10.0. The van der Waals surface area contributed by atoms with Crippen LogP contribution in [-0.4, -0.2) is 30.2 Å². The minimum absolute atomic E-state index is 0.109. The van der Waals surface area contributed by atoms with Gasteiger partial charge in [-0.2, -0.15) is 5.10 Å². The quantitative estimate of drug-likeness (QED) is 0.436. The van der Waals surface area contributed by atoms with E-state index in [2.05, 4.69) is 29.7 Å². The molecule has 7 heteroatoms. The first-order chi connectivity index (χ1) is 12.4. The number of hydrogen-bond donors (Lipinski definition) is 3. The minimum atomic E-state index is -0.920. The first-order valence-corrected chi connectivity index (χ1v) is 8.02. The number of nitrogens with zero attached hydrogens (tertiary/aromatic N) is 1. The number of aromatic hydroxyl groups is 1. The number of ether oxygens (including phenoxy) is 1. The standard InChI is InChI=1S/C19H21N3O4/c1-12(2)13-7-9-15(10-8-13)21-18(24)19(25)22-20-11-14-5-4-6-16(26-3)17(14)23/h4-12,23H,1-3H3,(H,21,24)(H,22,25)/b20-11-. The Bertz CT molecular complexity index is 814. The van der Waals surface area contributed by atoms with Crippen LogP contribution in [-0.2, 0) is 9.59 Å². The van der Waals surface area contributed by atoms with Crippen LogP contribution in [0.15, 0.2) is 47.6 Å². The summed E-state index contributed by atoms with van der Waals surface area (Å²) in [6.07, 6.45) is 1.22. The lowest BCUT2D eigenvalue weighted by Crippen LogP contribution is -2.32. The number of hydrazone groups is 1. The molecule has 0 saturated carbocycles. The minimum Gasteiger partial charge on any atom is -0.504 e. The largest absolute Gasteiger partial charge is 0.504 e. The van der Waals surface area contributed by atoms with Crippen molar-refractivity contribution in [3.8, 4) is 11.5 Å². The number of para-hydroxylation sites is 1. The molecule has 0 aromatic heterocycles.